The molecule has 10 nitrogen and oxygen atoms in total. The van der Waals surface area contributed by atoms with Crippen molar-refractivity contribution in [2.45, 2.75) is 18.3 Å². The van der Waals surface area contributed by atoms with Crippen molar-refractivity contribution < 1.29 is 36.3 Å². The number of sulfonamides is 1. The Morgan fingerprint density at radius 2 is 1.62 bits per heavy atom. The van der Waals surface area contributed by atoms with Crippen LogP contribution in [0.4, 0.5) is 13.6 Å². The van der Waals surface area contributed by atoms with Crippen LogP contribution in [0.3, 0.4) is 0 Å². The molecule has 3 aliphatic rings. The number of amides is 3. The molecule has 3 aliphatic heterocycles. The van der Waals surface area contributed by atoms with E-state index in [1.54, 1.807) is 35.0 Å². The third kappa shape index (κ3) is 5.65. The van der Waals surface area contributed by atoms with Crippen molar-refractivity contribution in [1.82, 2.24) is 19.0 Å². The molecule has 2 aromatic rings. The largest absolute Gasteiger partial charge is 0.586 e. The molecule has 2 fully saturated rings. The van der Waals surface area contributed by atoms with Crippen LogP contribution in [0.15, 0.2) is 36.4 Å². The summed E-state index contributed by atoms with van der Waals surface area (Å²) in [6, 6.07) is 8.16. The van der Waals surface area contributed by atoms with Gasteiger partial charge in [0.1, 0.15) is 0 Å². The Morgan fingerprint density at radius 1 is 0.950 bits per heavy atom. The van der Waals surface area contributed by atoms with Gasteiger partial charge in [-0.05, 0) is 35.9 Å². The lowest BCUT2D eigenvalue weighted by Crippen LogP contribution is -2.53. The quantitative estimate of drug-likeness (QED) is 0.520. The molecule has 3 amide bonds. The van der Waals surface area contributed by atoms with E-state index in [9.17, 15) is 26.8 Å². The topological polar surface area (TPSA) is 99.7 Å². The molecule has 5 rings (SSSR count). The van der Waals surface area contributed by atoms with Gasteiger partial charge in [-0.2, -0.15) is 4.31 Å². The van der Waals surface area contributed by atoms with Crippen LogP contribution in [0, 0.1) is 0 Å². The maximum absolute atomic E-state index is 13.5. The Balaban J connectivity index is 1.38. The van der Waals surface area contributed by atoms with Crippen molar-refractivity contribution >= 4 is 45.2 Å². The monoisotopic (exact) mass is 618 g/mol. The van der Waals surface area contributed by atoms with Gasteiger partial charge in [0, 0.05) is 57.8 Å². The molecule has 2 atom stereocenters. The molecule has 0 radical (unpaired) electrons. The van der Waals surface area contributed by atoms with Crippen molar-refractivity contribution in [3.63, 3.8) is 0 Å². The first-order chi connectivity index (χ1) is 18.7. The number of piperazine rings is 1. The normalized spacial score (nSPS) is 22.4. The molecule has 3 heterocycles. The first kappa shape index (κ1) is 28.7. The zero-order valence-corrected chi connectivity index (χ0v) is 23.8. The lowest BCUT2D eigenvalue weighted by atomic mass is 9.93. The van der Waals surface area contributed by atoms with Gasteiger partial charge in [0.2, 0.25) is 10.0 Å². The van der Waals surface area contributed by atoms with Gasteiger partial charge >= 0.3 is 12.3 Å². The SMILES string of the molecule is CN(C(=O)c1ccc2c(c1)OC(F)(F)O2)[C@@H]1CN(C(=O)N2CCN(S(C)(=O)=O)CC2)C[C@H]1c1ccc(Cl)c(Cl)c1. The Morgan fingerprint density at radius 3 is 2.27 bits per heavy atom. The van der Waals surface area contributed by atoms with Crippen LogP contribution in [-0.4, -0.2) is 104 Å². The van der Waals surface area contributed by atoms with Crippen LogP contribution in [0.2, 0.25) is 10.0 Å². The highest BCUT2D eigenvalue weighted by atomic mass is 35.5. The summed E-state index contributed by atoms with van der Waals surface area (Å²) >= 11 is 12.4. The Bertz CT molecular complexity index is 1450. The van der Waals surface area contributed by atoms with Gasteiger partial charge in [-0.25, -0.2) is 13.2 Å². The fourth-order valence-electron chi connectivity index (χ4n) is 5.25. The molecular formula is C25H26Cl2F2N4O6S. The highest BCUT2D eigenvalue weighted by molar-refractivity contribution is 7.88. The van der Waals surface area contributed by atoms with E-state index in [0.717, 1.165) is 11.8 Å². The van der Waals surface area contributed by atoms with Gasteiger partial charge in [0.25, 0.3) is 5.91 Å². The molecule has 0 spiro atoms. The van der Waals surface area contributed by atoms with E-state index in [-0.39, 0.29) is 68.3 Å². The summed E-state index contributed by atoms with van der Waals surface area (Å²) in [6.07, 6.45) is -2.68. The van der Waals surface area contributed by atoms with Crippen LogP contribution < -0.4 is 9.47 Å². The molecule has 2 aromatic carbocycles. The highest BCUT2D eigenvalue weighted by Gasteiger charge is 2.45. The van der Waals surface area contributed by atoms with Gasteiger partial charge in [0.05, 0.1) is 22.3 Å². The summed E-state index contributed by atoms with van der Waals surface area (Å²) in [5.41, 5.74) is 0.874. The van der Waals surface area contributed by atoms with E-state index < -0.39 is 28.3 Å². The number of alkyl halides is 2. The summed E-state index contributed by atoms with van der Waals surface area (Å²) in [5, 5.41) is 0.684. The van der Waals surface area contributed by atoms with E-state index in [4.69, 9.17) is 23.2 Å². The Labute approximate surface area is 240 Å². The average molecular weight is 619 g/mol. The molecule has 0 aliphatic carbocycles. The van der Waals surface area contributed by atoms with E-state index in [2.05, 4.69) is 9.47 Å². The predicted molar refractivity (Wildman–Crippen MR) is 143 cm³/mol. The predicted octanol–water partition coefficient (Wildman–Crippen LogP) is 3.55. The summed E-state index contributed by atoms with van der Waals surface area (Å²) in [5.74, 6) is -1.23. The standard InChI is InChI=1S/C25H26Cl2F2N4O6S/c1-30(23(34)16-4-6-21-22(12-16)39-25(28,29)38-21)20-14-32(13-17(20)15-3-5-18(26)19(27)11-15)24(35)31-7-9-33(10-8-31)40(2,36)37/h3-6,11-12,17,20H,7-10,13-14H2,1-2H3/t17-,20+/m0/s1. The maximum Gasteiger partial charge on any atom is 0.586 e. The van der Waals surface area contributed by atoms with Crippen LogP contribution in [0.25, 0.3) is 0 Å². The molecule has 216 valence electrons. The summed E-state index contributed by atoms with van der Waals surface area (Å²) in [7, 11) is -1.78. The van der Waals surface area contributed by atoms with Gasteiger partial charge in [-0.1, -0.05) is 29.3 Å². The van der Waals surface area contributed by atoms with Crippen molar-refractivity contribution in [2.75, 3.05) is 52.6 Å². The molecule has 0 N–H and O–H groups in total. The van der Waals surface area contributed by atoms with Crippen molar-refractivity contribution in [1.29, 1.82) is 0 Å². The number of likely N-dealkylation sites (N-methyl/N-ethyl adjacent to an activating group) is 1. The minimum Gasteiger partial charge on any atom is -0.395 e. The average Bonchev–Trinajstić information content (AvgIpc) is 3.48. The lowest BCUT2D eigenvalue weighted by Gasteiger charge is -2.35. The van der Waals surface area contributed by atoms with Gasteiger partial charge in [-0.15, -0.1) is 8.78 Å². The van der Waals surface area contributed by atoms with Crippen molar-refractivity contribution in [3.8, 4) is 11.5 Å². The number of fused-ring (bicyclic) bond motifs is 1. The maximum atomic E-state index is 13.5. The molecule has 0 aromatic heterocycles. The number of benzene rings is 2. The number of ether oxygens (including phenoxy) is 2. The first-order valence-electron chi connectivity index (χ1n) is 12.3. The second-order valence-electron chi connectivity index (χ2n) is 9.93. The number of likely N-dealkylation sites (tertiary alicyclic amines) is 1. The molecule has 0 unspecified atom stereocenters. The van der Waals surface area contributed by atoms with E-state index in [0.29, 0.717) is 10.0 Å². The third-order valence-corrected chi connectivity index (χ3v) is 9.42. The number of rotatable bonds is 4. The number of halogens is 4. The molecule has 40 heavy (non-hydrogen) atoms. The minimum atomic E-state index is -3.81. The number of hydrogen-bond donors (Lipinski definition) is 0. The van der Waals surface area contributed by atoms with E-state index in [1.165, 1.54) is 27.4 Å². The molecule has 2 saturated heterocycles. The summed E-state index contributed by atoms with van der Waals surface area (Å²) < 4.78 is 61.0. The highest BCUT2D eigenvalue weighted by Crippen LogP contribution is 2.42. The van der Waals surface area contributed by atoms with Crippen LogP contribution >= 0.6 is 23.2 Å². The van der Waals surface area contributed by atoms with E-state index in [1.807, 2.05) is 0 Å². The number of nitrogens with zero attached hydrogens (tertiary/aromatic N) is 4. The van der Waals surface area contributed by atoms with Crippen LogP contribution in [0.1, 0.15) is 21.8 Å². The Kier molecular flexibility index (Phi) is 7.53. The number of hydrogen-bond acceptors (Lipinski definition) is 6. The minimum absolute atomic E-state index is 0.108. The van der Waals surface area contributed by atoms with Gasteiger partial charge < -0.3 is 24.2 Å². The summed E-state index contributed by atoms with van der Waals surface area (Å²) in [6.45, 7) is 1.31. The number of urea groups is 1. The molecule has 0 saturated carbocycles. The number of carbonyl (C=O) groups excluding carboxylic acids is 2. The van der Waals surface area contributed by atoms with Gasteiger partial charge in [0.15, 0.2) is 11.5 Å². The Hall–Kier alpha value is -2.87. The van der Waals surface area contributed by atoms with Gasteiger partial charge in [-0.3, -0.25) is 4.79 Å². The van der Waals surface area contributed by atoms with Crippen molar-refractivity contribution in [3.05, 3.63) is 57.6 Å². The molecular weight excluding hydrogens is 593 g/mol. The first-order valence-corrected chi connectivity index (χ1v) is 14.9. The van der Waals surface area contributed by atoms with Crippen molar-refractivity contribution in [2.24, 2.45) is 0 Å². The molecule has 15 heteroatoms. The second kappa shape index (κ2) is 10.5. The number of carbonyl (C=O) groups is 2. The fraction of sp³-hybridized carbons (Fsp3) is 0.440. The molecule has 0 bridgehead atoms. The fourth-order valence-corrected chi connectivity index (χ4v) is 6.39. The van der Waals surface area contributed by atoms with Crippen LogP contribution in [-0.2, 0) is 10.0 Å². The zero-order chi connectivity index (χ0) is 29.0. The zero-order valence-electron chi connectivity index (χ0n) is 21.5. The third-order valence-electron chi connectivity index (χ3n) is 7.38. The smallest absolute Gasteiger partial charge is 0.395 e. The summed E-state index contributed by atoms with van der Waals surface area (Å²) in [4.78, 5) is 31.7. The van der Waals surface area contributed by atoms with Crippen LogP contribution in [0.5, 0.6) is 11.5 Å². The second-order valence-corrected chi connectivity index (χ2v) is 12.7. The van der Waals surface area contributed by atoms with E-state index >= 15 is 0 Å². The lowest BCUT2D eigenvalue weighted by molar-refractivity contribution is -0.286.